The summed E-state index contributed by atoms with van der Waals surface area (Å²) in [5.41, 5.74) is -0.860. The van der Waals surface area contributed by atoms with Gasteiger partial charge in [-0.15, -0.1) is 0 Å². The molecule has 1 rings (SSSR count). The molecule has 1 heterocycles. The number of hydrogen-bond donors (Lipinski definition) is 1. The highest BCUT2D eigenvalue weighted by Gasteiger charge is 2.36. The van der Waals surface area contributed by atoms with Gasteiger partial charge in [0.25, 0.3) is 0 Å². The maximum atomic E-state index is 11.1. The van der Waals surface area contributed by atoms with E-state index in [1.807, 2.05) is 11.9 Å². The lowest BCUT2D eigenvalue weighted by Crippen LogP contribution is -2.35. The van der Waals surface area contributed by atoms with Crippen molar-refractivity contribution >= 4 is 5.97 Å². The van der Waals surface area contributed by atoms with Gasteiger partial charge in [-0.3, -0.25) is 4.79 Å². The fourth-order valence-corrected chi connectivity index (χ4v) is 1.68. The molecule has 0 bridgehead atoms. The van der Waals surface area contributed by atoms with Gasteiger partial charge in [0.15, 0.2) is 0 Å². The number of rotatable bonds is 3. The van der Waals surface area contributed by atoms with Crippen molar-refractivity contribution in [3.63, 3.8) is 0 Å². The molecule has 1 aliphatic rings. The number of β-amino-alcohol motifs (C(OH)–C–C–N with tert-alkyl or cyclic N) is 1. The summed E-state index contributed by atoms with van der Waals surface area (Å²) in [6.07, 6.45) is 0.771. The second kappa shape index (κ2) is 4.07. The van der Waals surface area contributed by atoms with E-state index in [4.69, 9.17) is 4.74 Å². The molecule has 76 valence electrons. The van der Waals surface area contributed by atoms with E-state index in [0.717, 1.165) is 6.54 Å². The third-order valence-electron chi connectivity index (χ3n) is 2.30. The molecule has 1 fully saturated rings. The molecule has 0 amide bonds. The van der Waals surface area contributed by atoms with E-state index in [1.54, 1.807) is 6.92 Å². The summed E-state index contributed by atoms with van der Waals surface area (Å²) in [5.74, 6) is -0.305. The predicted molar refractivity (Wildman–Crippen MR) is 48.3 cm³/mol. The van der Waals surface area contributed by atoms with Crippen molar-refractivity contribution < 1.29 is 14.6 Å². The molecule has 0 spiro atoms. The molecule has 0 saturated carbocycles. The normalized spacial score (nSPS) is 29.2. The van der Waals surface area contributed by atoms with Crippen LogP contribution in [0.4, 0.5) is 0 Å². The fraction of sp³-hybridized carbons (Fsp3) is 0.889. The molecular formula is C9H17NO3. The van der Waals surface area contributed by atoms with E-state index < -0.39 is 5.60 Å². The minimum atomic E-state index is -0.860. The largest absolute Gasteiger partial charge is 0.466 e. The number of carbonyl (C=O) groups excluding carboxylic acids is 1. The van der Waals surface area contributed by atoms with Crippen molar-refractivity contribution in [1.29, 1.82) is 0 Å². The molecule has 0 aromatic carbocycles. The van der Waals surface area contributed by atoms with Crippen LogP contribution in [0.1, 0.15) is 19.8 Å². The molecule has 0 radical (unpaired) electrons. The number of aliphatic hydroxyl groups is 1. The van der Waals surface area contributed by atoms with Crippen LogP contribution in [-0.2, 0) is 9.53 Å². The lowest BCUT2D eigenvalue weighted by atomic mass is 9.99. The van der Waals surface area contributed by atoms with Gasteiger partial charge in [0.2, 0.25) is 0 Å². The van der Waals surface area contributed by atoms with Crippen LogP contribution in [0, 0.1) is 0 Å². The average molecular weight is 187 g/mol. The Balaban J connectivity index is 2.39. The maximum absolute atomic E-state index is 11.1. The Morgan fingerprint density at radius 3 is 2.85 bits per heavy atom. The molecule has 1 N–H and O–H groups in total. The molecule has 4 nitrogen and oxygen atoms in total. The summed E-state index contributed by atoms with van der Waals surface area (Å²) in [6.45, 7) is 3.55. The molecule has 4 heteroatoms. The maximum Gasteiger partial charge on any atom is 0.308 e. The van der Waals surface area contributed by atoms with Crippen LogP contribution in [-0.4, -0.2) is 48.3 Å². The molecule has 1 aliphatic heterocycles. The van der Waals surface area contributed by atoms with Crippen LogP contribution < -0.4 is 0 Å². The highest BCUT2D eigenvalue weighted by atomic mass is 16.5. The molecule has 13 heavy (non-hydrogen) atoms. The monoisotopic (exact) mass is 187 g/mol. The molecule has 0 aromatic heterocycles. The van der Waals surface area contributed by atoms with Gasteiger partial charge in [-0.1, -0.05) is 0 Å². The highest BCUT2D eigenvalue weighted by Crippen LogP contribution is 2.23. The minimum Gasteiger partial charge on any atom is -0.466 e. The van der Waals surface area contributed by atoms with Crippen molar-refractivity contribution in [2.45, 2.75) is 25.4 Å². The van der Waals surface area contributed by atoms with E-state index in [0.29, 0.717) is 19.6 Å². The Kier molecular flexibility index (Phi) is 3.27. The summed E-state index contributed by atoms with van der Waals surface area (Å²) in [4.78, 5) is 13.1. The van der Waals surface area contributed by atoms with Crippen LogP contribution in [0.2, 0.25) is 0 Å². The lowest BCUT2D eigenvalue weighted by Gasteiger charge is -2.20. The number of esters is 1. The van der Waals surface area contributed by atoms with E-state index in [2.05, 4.69) is 0 Å². The smallest absolute Gasteiger partial charge is 0.308 e. The third-order valence-corrected chi connectivity index (χ3v) is 2.30. The number of ether oxygens (including phenoxy) is 1. The van der Waals surface area contributed by atoms with Gasteiger partial charge in [-0.25, -0.2) is 0 Å². The zero-order valence-electron chi connectivity index (χ0n) is 8.25. The number of nitrogens with zero attached hydrogens (tertiary/aromatic N) is 1. The first kappa shape index (κ1) is 10.5. The Hall–Kier alpha value is -0.610. The van der Waals surface area contributed by atoms with E-state index in [1.165, 1.54) is 0 Å². The average Bonchev–Trinajstić information content (AvgIpc) is 2.30. The number of likely N-dealkylation sites (N-methyl/N-ethyl adjacent to an activating group) is 1. The van der Waals surface area contributed by atoms with Crippen LogP contribution >= 0.6 is 0 Å². The predicted octanol–water partition coefficient (Wildman–Crippen LogP) is 0.00620. The van der Waals surface area contributed by atoms with E-state index in [-0.39, 0.29) is 12.4 Å². The summed E-state index contributed by atoms with van der Waals surface area (Å²) in [6, 6.07) is 0. The fourth-order valence-electron chi connectivity index (χ4n) is 1.68. The van der Waals surface area contributed by atoms with Crippen LogP contribution in [0.5, 0.6) is 0 Å². The number of likely N-dealkylation sites (tertiary alicyclic amines) is 1. The van der Waals surface area contributed by atoms with E-state index >= 15 is 0 Å². The second-order valence-electron chi connectivity index (χ2n) is 3.69. The molecular weight excluding hydrogens is 170 g/mol. The first-order valence-corrected chi connectivity index (χ1v) is 4.62. The summed E-state index contributed by atoms with van der Waals surface area (Å²) >= 11 is 0. The zero-order chi connectivity index (χ0) is 9.90. The second-order valence-corrected chi connectivity index (χ2v) is 3.69. The Bertz CT molecular complexity index is 195. The van der Waals surface area contributed by atoms with Gasteiger partial charge in [0.05, 0.1) is 18.6 Å². The van der Waals surface area contributed by atoms with Crippen LogP contribution in [0.3, 0.4) is 0 Å². The Labute approximate surface area is 78.5 Å². The van der Waals surface area contributed by atoms with Gasteiger partial charge >= 0.3 is 5.97 Å². The topological polar surface area (TPSA) is 49.8 Å². The van der Waals surface area contributed by atoms with Crippen molar-refractivity contribution in [1.82, 2.24) is 4.90 Å². The quantitative estimate of drug-likeness (QED) is 0.632. The third kappa shape index (κ3) is 2.97. The number of carbonyl (C=O) groups is 1. The van der Waals surface area contributed by atoms with Crippen molar-refractivity contribution in [2.24, 2.45) is 0 Å². The molecule has 1 unspecified atom stereocenters. The summed E-state index contributed by atoms with van der Waals surface area (Å²) < 4.78 is 4.79. The molecule has 1 atom stereocenters. The highest BCUT2D eigenvalue weighted by molar-refractivity contribution is 5.70. The lowest BCUT2D eigenvalue weighted by molar-refractivity contribution is -0.148. The van der Waals surface area contributed by atoms with Crippen molar-refractivity contribution in [3.8, 4) is 0 Å². The first-order chi connectivity index (χ1) is 6.06. The Morgan fingerprint density at radius 2 is 2.38 bits per heavy atom. The Morgan fingerprint density at radius 1 is 1.69 bits per heavy atom. The van der Waals surface area contributed by atoms with Gasteiger partial charge in [-0.05, 0) is 20.4 Å². The zero-order valence-corrected chi connectivity index (χ0v) is 8.25. The van der Waals surface area contributed by atoms with Gasteiger partial charge < -0.3 is 14.7 Å². The van der Waals surface area contributed by atoms with Gasteiger partial charge in [0.1, 0.15) is 0 Å². The molecule has 1 saturated heterocycles. The van der Waals surface area contributed by atoms with E-state index in [9.17, 15) is 9.90 Å². The van der Waals surface area contributed by atoms with Crippen LogP contribution in [0.25, 0.3) is 0 Å². The van der Waals surface area contributed by atoms with Crippen molar-refractivity contribution in [2.75, 3.05) is 26.7 Å². The minimum absolute atomic E-state index is 0.116. The summed E-state index contributed by atoms with van der Waals surface area (Å²) in [5, 5.41) is 9.92. The molecule has 0 aliphatic carbocycles. The van der Waals surface area contributed by atoms with Gasteiger partial charge in [-0.2, -0.15) is 0 Å². The molecule has 0 aromatic rings. The SMILES string of the molecule is CCOC(=O)CC1(O)CCN(C)C1. The standard InChI is InChI=1S/C9H17NO3/c1-3-13-8(11)6-9(12)4-5-10(2)7-9/h12H,3-7H2,1-2H3. The number of hydrogen-bond acceptors (Lipinski definition) is 4. The van der Waals surface area contributed by atoms with Gasteiger partial charge in [0, 0.05) is 13.1 Å². The summed E-state index contributed by atoms with van der Waals surface area (Å²) in [7, 11) is 1.93. The first-order valence-electron chi connectivity index (χ1n) is 4.62. The van der Waals surface area contributed by atoms with Crippen LogP contribution in [0.15, 0.2) is 0 Å². The van der Waals surface area contributed by atoms with Crippen molar-refractivity contribution in [3.05, 3.63) is 0 Å².